The fourth-order valence-corrected chi connectivity index (χ4v) is 2.24. The Bertz CT molecular complexity index is 939. The maximum absolute atomic E-state index is 13.5. The van der Waals surface area contributed by atoms with Gasteiger partial charge in [-0.05, 0) is 18.2 Å². The van der Waals surface area contributed by atoms with Crippen LogP contribution in [0.25, 0.3) is 22.4 Å². The summed E-state index contributed by atoms with van der Waals surface area (Å²) in [6, 6.07) is 3.36. The molecule has 25 heavy (non-hydrogen) atoms. The van der Waals surface area contributed by atoms with Crippen LogP contribution in [0.1, 0.15) is 12.0 Å². The fraction of sp³-hybridized carbons (Fsp3) is 0.250. The van der Waals surface area contributed by atoms with Gasteiger partial charge in [-0.2, -0.15) is 5.10 Å². The molecule has 0 aliphatic rings. The average Bonchev–Trinajstić information content (AvgIpc) is 2.97. The predicted octanol–water partition coefficient (Wildman–Crippen LogP) is 2.66. The van der Waals surface area contributed by atoms with Crippen molar-refractivity contribution in [1.82, 2.24) is 24.6 Å². The van der Waals surface area contributed by atoms with Crippen LogP contribution in [0.15, 0.2) is 30.6 Å². The standard InChI is InChI=1S/C16H14F3N5O/c1-23(2)14(25)8-24-16-13(7-21-24)20-6-12(22-16)9-3-4-11(17)10(5-9)15(18)19/h3-7,15H,8H2,1-2H3. The lowest BCUT2D eigenvalue weighted by atomic mass is 10.1. The van der Waals surface area contributed by atoms with E-state index in [1.54, 1.807) is 14.1 Å². The molecule has 0 N–H and O–H groups in total. The highest BCUT2D eigenvalue weighted by Crippen LogP contribution is 2.27. The molecule has 0 fully saturated rings. The molecule has 0 unspecified atom stereocenters. The van der Waals surface area contributed by atoms with Gasteiger partial charge in [0.1, 0.15) is 17.9 Å². The molecule has 3 rings (SSSR count). The Balaban J connectivity index is 2.04. The highest BCUT2D eigenvalue weighted by molar-refractivity contribution is 5.79. The third-order valence-electron chi connectivity index (χ3n) is 3.66. The maximum Gasteiger partial charge on any atom is 0.266 e. The van der Waals surface area contributed by atoms with Crippen molar-refractivity contribution in [2.45, 2.75) is 13.0 Å². The Morgan fingerprint density at radius 3 is 2.72 bits per heavy atom. The lowest BCUT2D eigenvalue weighted by Crippen LogP contribution is -2.26. The number of benzene rings is 1. The van der Waals surface area contributed by atoms with Crippen LogP contribution in [0, 0.1) is 5.82 Å². The quantitative estimate of drug-likeness (QED) is 0.726. The molecule has 130 valence electrons. The van der Waals surface area contributed by atoms with Crippen LogP contribution in [0.2, 0.25) is 0 Å². The molecule has 0 radical (unpaired) electrons. The second-order valence-corrected chi connectivity index (χ2v) is 5.59. The molecule has 2 heterocycles. The molecule has 3 aromatic rings. The summed E-state index contributed by atoms with van der Waals surface area (Å²) >= 11 is 0. The molecule has 0 aliphatic carbocycles. The minimum absolute atomic E-state index is 0.0274. The Hall–Kier alpha value is -2.97. The molecule has 9 heteroatoms. The molecule has 1 amide bonds. The summed E-state index contributed by atoms with van der Waals surface area (Å²) in [5, 5.41) is 4.08. The summed E-state index contributed by atoms with van der Waals surface area (Å²) in [5.74, 6) is -1.16. The highest BCUT2D eigenvalue weighted by atomic mass is 19.3. The molecule has 6 nitrogen and oxygen atoms in total. The van der Waals surface area contributed by atoms with E-state index in [0.29, 0.717) is 16.7 Å². The first-order chi connectivity index (χ1) is 11.9. The van der Waals surface area contributed by atoms with Gasteiger partial charge in [0, 0.05) is 19.7 Å². The average molecular weight is 349 g/mol. The lowest BCUT2D eigenvalue weighted by molar-refractivity contribution is -0.129. The minimum atomic E-state index is -2.93. The first-order valence-electron chi connectivity index (χ1n) is 7.33. The molecule has 0 aliphatic heterocycles. The normalized spacial score (nSPS) is 11.3. The summed E-state index contributed by atoms with van der Waals surface area (Å²) in [7, 11) is 3.24. The first kappa shape index (κ1) is 16.9. The van der Waals surface area contributed by atoms with E-state index in [1.807, 2.05) is 0 Å². The zero-order chi connectivity index (χ0) is 18.1. The van der Waals surface area contributed by atoms with E-state index in [4.69, 9.17) is 0 Å². The van der Waals surface area contributed by atoms with Crippen molar-refractivity contribution < 1.29 is 18.0 Å². The molecule has 0 spiro atoms. The largest absolute Gasteiger partial charge is 0.347 e. The molecule has 2 aromatic heterocycles. The van der Waals surface area contributed by atoms with Gasteiger partial charge in [0.25, 0.3) is 6.43 Å². The SMILES string of the molecule is CN(C)C(=O)Cn1ncc2ncc(-c3ccc(F)c(C(F)F)c3)nc21. The van der Waals surface area contributed by atoms with E-state index >= 15 is 0 Å². The number of hydrogen-bond donors (Lipinski definition) is 0. The summed E-state index contributed by atoms with van der Waals surface area (Å²) < 4.78 is 40.6. The summed E-state index contributed by atoms with van der Waals surface area (Å²) in [5.41, 5.74) is 0.698. The molecular formula is C16H14F3N5O. The molecule has 0 bridgehead atoms. The number of likely N-dealkylation sites (N-methyl/N-ethyl adjacent to an activating group) is 1. The Labute approximate surface area is 140 Å². The van der Waals surface area contributed by atoms with Crippen LogP contribution in [0.3, 0.4) is 0 Å². The van der Waals surface area contributed by atoms with Crippen molar-refractivity contribution in [2.24, 2.45) is 0 Å². The number of rotatable bonds is 4. The van der Waals surface area contributed by atoms with Crippen molar-refractivity contribution in [3.63, 3.8) is 0 Å². The van der Waals surface area contributed by atoms with Crippen molar-refractivity contribution >= 4 is 17.1 Å². The smallest absolute Gasteiger partial charge is 0.266 e. The Kier molecular flexibility index (Phi) is 4.39. The monoisotopic (exact) mass is 349 g/mol. The van der Waals surface area contributed by atoms with Crippen molar-refractivity contribution in [3.8, 4) is 11.3 Å². The van der Waals surface area contributed by atoms with Gasteiger partial charge in [-0.3, -0.25) is 4.79 Å². The number of nitrogens with zero attached hydrogens (tertiary/aromatic N) is 5. The van der Waals surface area contributed by atoms with Gasteiger partial charge >= 0.3 is 0 Å². The van der Waals surface area contributed by atoms with Gasteiger partial charge in [-0.15, -0.1) is 0 Å². The van der Waals surface area contributed by atoms with E-state index in [0.717, 1.165) is 12.1 Å². The summed E-state index contributed by atoms with van der Waals surface area (Å²) in [4.78, 5) is 21.8. The van der Waals surface area contributed by atoms with Crippen LogP contribution in [0.5, 0.6) is 0 Å². The van der Waals surface area contributed by atoms with E-state index in [9.17, 15) is 18.0 Å². The number of fused-ring (bicyclic) bond motifs is 1. The van der Waals surface area contributed by atoms with Crippen LogP contribution < -0.4 is 0 Å². The molecule has 0 atom stereocenters. The third-order valence-corrected chi connectivity index (χ3v) is 3.66. The van der Waals surface area contributed by atoms with Gasteiger partial charge in [-0.25, -0.2) is 27.8 Å². The zero-order valence-electron chi connectivity index (χ0n) is 13.4. The number of aromatic nitrogens is 4. The van der Waals surface area contributed by atoms with E-state index in [1.165, 1.54) is 28.0 Å². The second kappa shape index (κ2) is 6.50. The minimum Gasteiger partial charge on any atom is -0.347 e. The molecule has 0 saturated heterocycles. The van der Waals surface area contributed by atoms with E-state index < -0.39 is 17.8 Å². The van der Waals surface area contributed by atoms with Crippen LogP contribution in [0.4, 0.5) is 13.2 Å². The number of amides is 1. The fourth-order valence-electron chi connectivity index (χ4n) is 2.24. The number of halogens is 3. The lowest BCUT2D eigenvalue weighted by Gasteiger charge is -2.10. The summed E-state index contributed by atoms with van der Waals surface area (Å²) in [6.45, 7) is -0.0274. The zero-order valence-corrected chi connectivity index (χ0v) is 13.4. The van der Waals surface area contributed by atoms with Gasteiger partial charge in [-0.1, -0.05) is 0 Å². The van der Waals surface area contributed by atoms with Crippen LogP contribution >= 0.6 is 0 Å². The number of carbonyl (C=O) groups excluding carboxylic acids is 1. The predicted molar refractivity (Wildman–Crippen MR) is 84.4 cm³/mol. The van der Waals surface area contributed by atoms with E-state index in [-0.39, 0.29) is 18.1 Å². The van der Waals surface area contributed by atoms with E-state index in [2.05, 4.69) is 15.1 Å². The number of alkyl halides is 2. The van der Waals surface area contributed by atoms with Crippen molar-refractivity contribution in [3.05, 3.63) is 42.0 Å². The third kappa shape index (κ3) is 3.30. The van der Waals surface area contributed by atoms with Crippen LogP contribution in [-0.4, -0.2) is 44.7 Å². The van der Waals surface area contributed by atoms with Gasteiger partial charge < -0.3 is 4.90 Å². The Morgan fingerprint density at radius 2 is 2.04 bits per heavy atom. The molecule has 0 saturated carbocycles. The number of hydrogen-bond acceptors (Lipinski definition) is 4. The number of carbonyl (C=O) groups is 1. The topological polar surface area (TPSA) is 63.9 Å². The first-order valence-corrected chi connectivity index (χ1v) is 7.33. The van der Waals surface area contributed by atoms with Crippen molar-refractivity contribution in [1.29, 1.82) is 0 Å². The molecule has 1 aromatic carbocycles. The molecular weight excluding hydrogens is 335 g/mol. The Morgan fingerprint density at radius 1 is 1.28 bits per heavy atom. The van der Waals surface area contributed by atoms with Gasteiger partial charge in [0.05, 0.1) is 23.7 Å². The maximum atomic E-state index is 13.5. The van der Waals surface area contributed by atoms with Crippen LogP contribution in [-0.2, 0) is 11.3 Å². The highest BCUT2D eigenvalue weighted by Gasteiger charge is 2.16. The van der Waals surface area contributed by atoms with Gasteiger partial charge in [0.2, 0.25) is 5.91 Å². The van der Waals surface area contributed by atoms with Gasteiger partial charge in [0.15, 0.2) is 5.65 Å². The van der Waals surface area contributed by atoms with Crippen molar-refractivity contribution in [2.75, 3.05) is 14.1 Å². The summed E-state index contributed by atoms with van der Waals surface area (Å²) in [6.07, 6.45) is -0.0746. The second-order valence-electron chi connectivity index (χ2n) is 5.59.